The monoisotopic (exact) mass is 551 g/mol. The zero-order valence-corrected chi connectivity index (χ0v) is 22.1. The second-order valence-corrected chi connectivity index (χ2v) is 9.12. The number of hydrogen-bond donors (Lipinski definition) is 4. The van der Waals surface area contributed by atoms with Crippen LogP contribution in [-0.2, 0) is 19.2 Å². The molecule has 4 rings (SSSR count). The maximum absolute atomic E-state index is 12.8. The number of alkyl halides is 3. The van der Waals surface area contributed by atoms with E-state index in [9.17, 15) is 42.7 Å². The molecule has 1 radical (unpaired) electrons. The van der Waals surface area contributed by atoms with Crippen LogP contribution < -0.4 is 11.1 Å². The Kier molecular flexibility index (Phi) is 8.36. The Hall–Kier alpha value is -2.95. The molecule has 2 saturated heterocycles. The summed E-state index contributed by atoms with van der Waals surface area (Å²) in [5, 5.41) is 25.8. The first-order valence-electron chi connectivity index (χ1n) is 10.5. The average Bonchev–Trinajstić information content (AvgIpc) is 3.37. The number of halogens is 3. The van der Waals surface area contributed by atoms with E-state index in [1.54, 1.807) is 0 Å². The number of carbonyl (C=O) groups excluding carboxylic acids is 3. The molecule has 1 aromatic heterocycles. The fraction of sp³-hybridized carbons (Fsp3) is 0.400. The van der Waals surface area contributed by atoms with E-state index in [1.807, 2.05) is 0 Å². The van der Waals surface area contributed by atoms with Crippen molar-refractivity contribution < 1.29 is 42.7 Å². The van der Waals surface area contributed by atoms with Crippen molar-refractivity contribution in [3.05, 3.63) is 34.0 Å². The van der Waals surface area contributed by atoms with Crippen molar-refractivity contribution in [3.63, 3.8) is 0 Å². The number of hydrogen-bond acceptors (Lipinski definition) is 9. The standard InChI is InChI=1S/C20H19F3N6O6S.Na/c21-20(22,23)7-28-4-3-9(16(28)31)5-8-1-2-11-13(17(32)29(11)14(8)18(33)34)26-15(30)12(27-35)10-6-36-19(24)25-10;/h5-6,11,13,35H,1-4,7H2,(H2,24,25)(H,26,30)(H,33,34);/t11-,13+;/m1./s1. The number of carboxylic acid groups (broad SMARTS) is 1. The number of amides is 3. The minimum absolute atomic E-state index is 0. The van der Waals surface area contributed by atoms with Gasteiger partial charge in [-0.2, -0.15) is 13.2 Å². The molecule has 0 aliphatic carbocycles. The summed E-state index contributed by atoms with van der Waals surface area (Å²) in [7, 11) is 0. The number of thiazole rings is 1. The summed E-state index contributed by atoms with van der Waals surface area (Å²) >= 11 is 1.00. The minimum Gasteiger partial charge on any atom is -0.477 e. The van der Waals surface area contributed by atoms with Crippen molar-refractivity contribution in [3.8, 4) is 0 Å². The largest absolute Gasteiger partial charge is 0.477 e. The van der Waals surface area contributed by atoms with Crippen LogP contribution in [0.1, 0.15) is 25.0 Å². The molecular weight excluding hydrogens is 532 g/mol. The number of fused-ring (bicyclic) bond motifs is 1. The average molecular weight is 551 g/mol. The molecule has 193 valence electrons. The van der Waals surface area contributed by atoms with Gasteiger partial charge in [-0.1, -0.05) is 5.16 Å². The quantitative estimate of drug-likeness (QED) is 0.0958. The van der Waals surface area contributed by atoms with Crippen molar-refractivity contribution in [2.75, 3.05) is 18.8 Å². The number of nitrogens with one attached hydrogen (secondary N) is 1. The maximum atomic E-state index is 12.8. The first kappa shape index (κ1) is 28.6. The number of anilines is 1. The van der Waals surface area contributed by atoms with Crippen LogP contribution >= 0.6 is 11.3 Å². The van der Waals surface area contributed by atoms with Crippen molar-refractivity contribution in [1.29, 1.82) is 0 Å². The first-order chi connectivity index (χ1) is 16.9. The third-order valence-electron chi connectivity index (χ3n) is 5.97. The van der Waals surface area contributed by atoms with Gasteiger partial charge < -0.3 is 26.3 Å². The second-order valence-electron chi connectivity index (χ2n) is 8.23. The summed E-state index contributed by atoms with van der Waals surface area (Å²) < 4.78 is 38.0. The van der Waals surface area contributed by atoms with E-state index in [0.717, 1.165) is 16.2 Å². The summed E-state index contributed by atoms with van der Waals surface area (Å²) in [6.45, 7) is -1.56. The van der Waals surface area contributed by atoms with Crippen molar-refractivity contribution in [2.24, 2.45) is 5.16 Å². The van der Waals surface area contributed by atoms with E-state index in [4.69, 9.17) is 5.73 Å². The van der Waals surface area contributed by atoms with E-state index in [2.05, 4.69) is 15.5 Å². The number of carbonyl (C=O) groups is 4. The zero-order valence-electron chi connectivity index (χ0n) is 19.3. The number of nitrogens with zero attached hydrogens (tertiary/aromatic N) is 4. The number of carboxylic acids is 1. The van der Waals surface area contributed by atoms with Gasteiger partial charge in [-0.15, -0.1) is 11.3 Å². The fourth-order valence-electron chi connectivity index (χ4n) is 4.43. The second kappa shape index (κ2) is 10.8. The molecule has 0 saturated carbocycles. The van der Waals surface area contributed by atoms with Crippen LogP contribution in [0.25, 0.3) is 0 Å². The molecule has 2 fully saturated rings. The van der Waals surface area contributed by atoms with Crippen LogP contribution in [-0.4, -0.2) is 115 Å². The van der Waals surface area contributed by atoms with E-state index >= 15 is 0 Å². The van der Waals surface area contributed by atoms with E-state index in [1.165, 1.54) is 11.5 Å². The molecule has 3 aliphatic rings. The first-order valence-corrected chi connectivity index (χ1v) is 11.4. The molecule has 0 bridgehead atoms. The SMILES string of the molecule is Nc1nc(C(=NO)C(=O)N[C@@H]2C(=O)N3C(C(=O)O)=C(C=C4CCN(CC(F)(F)F)C4=O)CC[C@H]23)cs1.[Na]. The normalized spacial score (nSPS) is 23.1. The number of aromatic nitrogens is 1. The zero-order chi connectivity index (χ0) is 26.4. The summed E-state index contributed by atoms with van der Waals surface area (Å²) in [6.07, 6.45) is -3.01. The molecule has 17 heteroatoms. The van der Waals surface area contributed by atoms with Gasteiger partial charge in [0, 0.05) is 47.1 Å². The molecule has 3 aliphatic heterocycles. The van der Waals surface area contributed by atoms with Crippen LogP contribution in [0, 0.1) is 0 Å². The molecule has 3 amide bonds. The van der Waals surface area contributed by atoms with Crippen molar-refractivity contribution in [1.82, 2.24) is 20.1 Å². The third kappa shape index (κ3) is 5.66. The van der Waals surface area contributed by atoms with E-state index in [0.29, 0.717) is 4.90 Å². The molecule has 2 atom stereocenters. The van der Waals surface area contributed by atoms with Crippen LogP contribution in [0.4, 0.5) is 18.3 Å². The number of oxime groups is 1. The molecule has 4 heterocycles. The van der Waals surface area contributed by atoms with Crippen LogP contribution in [0.2, 0.25) is 0 Å². The van der Waals surface area contributed by atoms with Crippen LogP contribution in [0.5, 0.6) is 0 Å². The van der Waals surface area contributed by atoms with E-state index in [-0.39, 0.29) is 77.3 Å². The van der Waals surface area contributed by atoms with Gasteiger partial charge in [0.25, 0.3) is 11.8 Å². The van der Waals surface area contributed by atoms with Crippen LogP contribution in [0.3, 0.4) is 0 Å². The van der Waals surface area contributed by atoms with Crippen molar-refractivity contribution in [2.45, 2.75) is 37.5 Å². The number of β-lactam (4-membered cyclic amide) rings is 1. The fourth-order valence-corrected chi connectivity index (χ4v) is 4.98. The number of nitrogens with two attached hydrogens (primary N) is 1. The number of likely N-dealkylation sites (tertiary alicyclic amines) is 1. The molecular formula is C20H19F3N6NaO6S. The van der Waals surface area contributed by atoms with Gasteiger partial charge in [0.05, 0.1) is 6.04 Å². The molecule has 5 N–H and O–H groups in total. The number of allylic oxidation sites excluding steroid dienone is 2. The summed E-state index contributed by atoms with van der Waals surface area (Å²) in [5.41, 5.74) is 4.78. The maximum Gasteiger partial charge on any atom is 0.406 e. The van der Waals surface area contributed by atoms with Gasteiger partial charge in [0.15, 0.2) is 10.8 Å². The molecule has 0 spiro atoms. The molecule has 0 unspecified atom stereocenters. The third-order valence-corrected chi connectivity index (χ3v) is 6.65. The topological polar surface area (TPSA) is 179 Å². The minimum atomic E-state index is -4.56. The van der Waals surface area contributed by atoms with E-state index < -0.39 is 59.9 Å². The van der Waals surface area contributed by atoms with Gasteiger partial charge in [0.1, 0.15) is 24.0 Å². The van der Waals surface area contributed by atoms with Gasteiger partial charge in [-0.25, -0.2) is 9.78 Å². The van der Waals surface area contributed by atoms with Crippen molar-refractivity contribution >= 4 is 75.4 Å². The number of aliphatic carboxylic acids is 1. The van der Waals surface area contributed by atoms with Crippen LogP contribution in [0.15, 0.2) is 33.5 Å². The van der Waals surface area contributed by atoms with Gasteiger partial charge in [-0.05, 0) is 30.9 Å². The Labute approximate surface area is 233 Å². The molecule has 12 nitrogen and oxygen atoms in total. The molecule has 37 heavy (non-hydrogen) atoms. The smallest absolute Gasteiger partial charge is 0.406 e. The summed E-state index contributed by atoms with van der Waals surface area (Å²) in [6, 6.07) is -1.83. The summed E-state index contributed by atoms with van der Waals surface area (Å²) in [4.78, 5) is 55.2. The number of nitrogen functional groups attached to an aromatic ring is 1. The van der Waals surface area contributed by atoms with Gasteiger partial charge in [-0.3, -0.25) is 19.3 Å². The summed E-state index contributed by atoms with van der Waals surface area (Å²) in [5.74, 6) is -3.97. The Bertz CT molecular complexity index is 1250. The Morgan fingerprint density at radius 1 is 1.32 bits per heavy atom. The predicted molar refractivity (Wildman–Crippen MR) is 122 cm³/mol. The van der Waals surface area contributed by atoms with Gasteiger partial charge in [0.2, 0.25) is 5.91 Å². The predicted octanol–water partition coefficient (Wildman–Crippen LogP) is 0.0719. The Balaban J connectivity index is 0.00000380. The number of rotatable bonds is 6. The molecule has 1 aromatic rings. The van der Waals surface area contributed by atoms with Gasteiger partial charge >= 0.3 is 12.1 Å². The Morgan fingerprint density at radius 3 is 2.59 bits per heavy atom. The molecule has 0 aromatic carbocycles. The Morgan fingerprint density at radius 2 is 2.03 bits per heavy atom.